The number of carbonyl (C=O) groups is 1. The molecule has 0 spiro atoms. The molecule has 172 valence electrons. The van der Waals surface area contributed by atoms with Gasteiger partial charge in [-0.2, -0.15) is 13.2 Å². The van der Waals surface area contributed by atoms with E-state index in [1.54, 1.807) is 6.20 Å². The van der Waals surface area contributed by atoms with Crippen LogP contribution in [0.25, 0.3) is 11.3 Å². The number of hydrogen-bond acceptors (Lipinski definition) is 7. The van der Waals surface area contributed by atoms with Crippen LogP contribution in [0.5, 0.6) is 0 Å². The highest BCUT2D eigenvalue weighted by molar-refractivity contribution is 5.61. The number of alkyl halides is 3. The van der Waals surface area contributed by atoms with Crippen molar-refractivity contribution in [3.05, 3.63) is 30.5 Å². The lowest BCUT2D eigenvalue weighted by Gasteiger charge is -2.38. The Morgan fingerprint density at radius 1 is 1.23 bits per heavy atom. The van der Waals surface area contributed by atoms with E-state index < -0.39 is 12.7 Å². The molecule has 2 N–H and O–H groups in total. The molecule has 0 radical (unpaired) electrons. The number of aromatic nitrogens is 2. The van der Waals surface area contributed by atoms with Crippen molar-refractivity contribution in [2.45, 2.75) is 25.6 Å². The van der Waals surface area contributed by atoms with Gasteiger partial charge in [-0.05, 0) is 19.9 Å². The van der Waals surface area contributed by atoms with Gasteiger partial charge in [-0.25, -0.2) is 4.98 Å². The van der Waals surface area contributed by atoms with Gasteiger partial charge in [0.2, 0.25) is 12.3 Å². The van der Waals surface area contributed by atoms with Crippen molar-refractivity contribution in [1.29, 1.82) is 0 Å². The third kappa shape index (κ3) is 7.21. The summed E-state index contributed by atoms with van der Waals surface area (Å²) in [6.07, 6.45) is 1.17. The third-order valence-corrected chi connectivity index (χ3v) is 4.85. The lowest BCUT2D eigenvalue weighted by Crippen LogP contribution is -2.51. The van der Waals surface area contributed by atoms with Gasteiger partial charge in [0.1, 0.15) is 6.54 Å². The molecular weight excluding hydrogens is 413 g/mol. The third-order valence-electron chi connectivity index (χ3n) is 4.85. The van der Waals surface area contributed by atoms with Crippen molar-refractivity contribution < 1.29 is 22.4 Å². The van der Waals surface area contributed by atoms with Gasteiger partial charge < -0.3 is 20.0 Å². The van der Waals surface area contributed by atoms with E-state index in [0.717, 1.165) is 49.1 Å². The molecule has 1 fully saturated rings. The van der Waals surface area contributed by atoms with E-state index in [0.29, 0.717) is 0 Å². The molecule has 8 nitrogen and oxygen atoms in total. The van der Waals surface area contributed by atoms with E-state index in [9.17, 15) is 18.0 Å². The number of anilines is 1. The molecule has 0 saturated carbocycles. The average Bonchev–Trinajstić information content (AvgIpc) is 3.24. The average molecular weight is 442 g/mol. The fourth-order valence-electron chi connectivity index (χ4n) is 3.01. The van der Waals surface area contributed by atoms with Gasteiger partial charge in [-0.15, -0.1) is 0 Å². The second-order valence-electron chi connectivity index (χ2n) is 7.77. The van der Waals surface area contributed by atoms with E-state index in [1.807, 2.05) is 31.4 Å². The first kappa shape index (κ1) is 24.6. The molecule has 0 aromatic carbocycles. The van der Waals surface area contributed by atoms with Gasteiger partial charge in [0.25, 0.3) is 0 Å². The minimum atomic E-state index is -4.29. The number of halogens is 3. The number of carbonyl (C=O) groups excluding carboxylic acids is 1. The monoisotopic (exact) mass is 442 g/mol. The maximum atomic E-state index is 11.0. The Bertz CT molecular complexity index is 832. The summed E-state index contributed by atoms with van der Waals surface area (Å²) in [7, 11) is 4.00. The molecule has 0 atom stereocenters. The molecule has 11 heteroatoms. The summed E-state index contributed by atoms with van der Waals surface area (Å²) in [5, 5.41) is 4.86. The van der Waals surface area contributed by atoms with Crippen LogP contribution in [0.3, 0.4) is 0 Å². The van der Waals surface area contributed by atoms with Crippen LogP contribution in [0.4, 0.5) is 18.9 Å². The maximum absolute atomic E-state index is 11.0. The van der Waals surface area contributed by atoms with Crippen LogP contribution in [-0.2, 0) is 10.3 Å². The van der Waals surface area contributed by atoms with Crippen LogP contribution < -0.4 is 15.5 Å². The van der Waals surface area contributed by atoms with Gasteiger partial charge in [-0.1, -0.05) is 0 Å². The fraction of sp³-hybridized carbons (Fsp3) is 0.550. The van der Waals surface area contributed by atoms with Crippen LogP contribution >= 0.6 is 0 Å². The summed E-state index contributed by atoms with van der Waals surface area (Å²) < 4.78 is 39.2. The van der Waals surface area contributed by atoms with Gasteiger partial charge in [0.15, 0.2) is 5.76 Å². The zero-order chi connectivity index (χ0) is 23.1. The highest BCUT2D eigenvalue weighted by Gasteiger charge is 2.34. The number of rotatable bonds is 6. The number of oxazole rings is 1. The van der Waals surface area contributed by atoms with Crippen molar-refractivity contribution in [3.8, 4) is 11.3 Å². The highest BCUT2D eigenvalue weighted by Crippen LogP contribution is 2.31. The molecule has 2 aromatic heterocycles. The van der Waals surface area contributed by atoms with Crippen molar-refractivity contribution in [2.75, 3.05) is 51.7 Å². The second-order valence-corrected chi connectivity index (χ2v) is 7.77. The number of nitrogens with one attached hydrogen (secondary N) is 2. The maximum Gasteiger partial charge on any atom is 0.405 e. The summed E-state index contributed by atoms with van der Waals surface area (Å²) >= 11 is 0. The standard InChI is InChI=1S/C17H25N5O.C3H4F3NO/c1-17(2,22-7-5-18-6-8-22)16-20-12-15(23-16)13-9-14(21(3)4)11-19-10-13;4-3(5,6)1-7-2-8/h9-12,18H,5-8H2,1-4H3;2H,1H2,(H,7,8). The van der Waals surface area contributed by atoms with Gasteiger partial charge >= 0.3 is 6.18 Å². The Morgan fingerprint density at radius 3 is 2.45 bits per heavy atom. The molecule has 0 unspecified atom stereocenters. The first-order valence-corrected chi connectivity index (χ1v) is 9.83. The van der Waals surface area contributed by atoms with E-state index in [2.05, 4.69) is 40.1 Å². The summed E-state index contributed by atoms with van der Waals surface area (Å²) in [6.45, 7) is 7.10. The molecule has 1 saturated heterocycles. The molecule has 2 aromatic rings. The summed E-state index contributed by atoms with van der Waals surface area (Å²) in [5.74, 6) is 1.52. The number of hydrogen-bond donors (Lipinski definition) is 2. The minimum absolute atomic E-state index is 0.00743. The van der Waals surface area contributed by atoms with Gasteiger partial charge in [-0.3, -0.25) is 14.7 Å². The molecule has 0 aliphatic carbocycles. The molecular formula is C20H29F3N6O2. The smallest absolute Gasteiger partial charge is 0.405 e. The molecule has 3 heterocycles. The first-order valence-electron chi connectivity index (χ1n) is 9.83. The van der Waals surface area contributed by atoms with Gasteiger partial charge in [0, 0.05) is 52.0 Å². The van der Waals surface area contributed by atoms with Crippen molar-refractivity contribution in [1.82, 2.24) is 25.5 Å². The summed E-state index contributed by atoms with van der Waals surface area (Å²) in [4.78, 5) is 22.5. The van der Waals surface area contributed by atoms with E-state index in [4.69, 9.17) is 4.42 Å². The molecule has 1 amide bonds. The summed E-state index contributed by atoms with van der Waals surface area (Å²) in [5.41, 5.74) is 1.78. The van der Waals surface area contributed by atoms with E-state index >= 15 is 0 Å². The lowest BCUT2D eigenvalue weighted by molar-refractivity contribution is -0.132. The molecule has 1 aliphatic heterocycles. The topological polar surface area (TPSA) is 86.5 Å². The van der Waals surface area contributed by atoms with Gasteiger partial charge in [0.05, 0.1) is 23.6 Å². The molecule has 0 bridgehead atoms. The number of piperazine rings is 1. The molecule has 1 aliphatic rings. The first-order chi connectivity index (χ1) is 14.5. The molecule has 3 rings (SSSR count). The van der Waals surface area contributed by atoms with Crippen molar-refractivity contribution in [2.24, 2.45) is 0 Å². The van der Waals surface area contributed by atoms with Crippen LogP contribution in [0.15, 0.2) is 29.1 Å². The Hall–Kier alpha value is -2.66. The Labute approximate surface area is 179 Å². The SMILES string of the molecule is CN(C)c1cncc(-c2cnc(C(C)(C)N3CCNCC3)o2)c1.O=CNCC(F)(F)F. The van der Waals surface area contributed by atoms with Crippen molar-refractivity contribution in [3.63, 3.8) is 0 Å². The van der Waals surface area contributed by atoms with Crippen molar-refractivity contribution >= 4 is 12.1 Å². The number of amides is 1. The van der Waals surface area contributed by atoms with Crippen LogP contribution in [0, 0.1) is 0 Å². The Kier molecular flexibility index (Phi) is 8.40. The predicted octanol–water partition coefficient (Wildman–Crippen LogP) is 2.24. The second kappa shape index (κ2) is 10.6. The molecule has 31 heavy (non-hydrogen) atoms. The zero-order valence-corrected chi connectivity index (χ0v) is 18.2. The van der Waals surface area contributed by atoms with E-state index in [1.165, 1.54) is 5.32 Å². The highest BCUT2D eigenvalue weighted by atomic mass is 19.4. The predicted molar refractivity (Wildman–Crippen MR) is 112 cm³/mol. The van der Waals surface area contributed by atoms with Crippen LogP contribution in [0.2, 0.25) is 0 Å². The lowest BCUT2D eigenvalue weighted by atomic mass is 10.0. The van der Waals surface area contributed by atoms with E-state index in [-0.39, 0.29) is 11.9 Å². The largest absolute Gasteiger partial charge is 0.439 e. The quantitative estimate of drug-likeness (QED) is 0.664. The Morgan fingerprint density at radius 2 is 1.90 bits per heavy atom. The fourth-order valence-corrected chi connectivity index (χ4v) is 3.01. The Balaban J connectivity index is 0.000000366. The number of nitrogens with zero attached hydrogens (tertiary/aromatic N) is 4. The minimum Gasteiger partial charge on any atom is -0.439 e. The normalized spacial score (nSPS) is 15.1. The van der Waals surface area contributed by atoms with Crippen LogP contribution in [-0.4, -0.2) is 74.3 Å². The number of pyridine rings is 1. The van der Waals surface area contributed by atoms with Crippen LogP contribution in [0.1, 0.15) is 19.7 Å². The summed E-state index contributed by atoms with van der Waals surface area (Å²) in [6, 6.07) is 2.06. The zero-order valence-electron chi connectivity index (χ0n) is 18.2.